The Morgan fingerprint density at radius 3 is 2.93 bits per heavy atom. The molecule has 2 nitrogen and oxygen atoms in total. The van der Waals surface area contributed by atoms with Crippen molar-refractivity contribution in [3.05, 3.63) is 33.9 Å². The van der Waals surface area contributed by atoms with Gasteiger partial charge < -0.3 is 4.98 Å². The monoisotopic (exact) mass is 251 g/mol. The van der Waals surface area contributed by atoms with Gasteiger partial charge in [-0.3, -0.25) is 4.79 Å². The molecule has 0 radical (unpaired) electrons. The van der Waals surface area contributed by atoms with E-state index in [1.54, 1.807) is 0 Å². The summed E-state index contributed by atoms with van der Waals surface area (Å²) in [4.78, 5) is 13.9. The van der Waals surface area contributed by atoms with E-state index >= 15 is 0 Å². The van der Waals surface area contributed by atoms with Gasteiger partial charge >= 0.3 is 0 Å². The number of hydrogen-bond acceptors (Lipinski definition) is 1. The van der Waals surface area contributed by atoms with Crippen LogP contribution in [0.1, 0.15) is 23.0 Å². The Bertz CT molecular complexity index is 487. The number of nitrogens with one attached hydrogen (secondary N) is 1. The highest BCUT2D eigenvalue weighted by Gasteiger charge is 2.10. The first-order chi connectivity index (χ1) is 6.77. The minimum absolute atomic E-state index is 0.689. The molecule has 0 aliphatic rings. The average Bonchev–Trinajstić information content (AvgIpc) is 2.56. The van der Waals surface area contributed by atoms with Crippen LogP contribution in [0.3, 0.4) is 0 Å². The number of aromatic nitrogens is 1. The van der Waals surface area contributed by atoms with E-state index in [1.807, 2.05) is 18.2 Å². The Morgan fingerprint density at radius 1 is 1.50 bits per heavy atom. The van der Waals surface area contributed by atoms with Crippen LogP contribution >= 0.6 is 15.9 Å². The van der Waals surface area contributed by atoms with E-state index in [2.05, 4.69) is 27.8 Å². The Hall–Kier alpha value is -1.09. The number of carbonyl (C=O) groups excluding carboxylic acids is 1. The third-order valence-electron chi connectivity index (χ3n) is 2.38. The lowest BCUT2D eigenvalue weighted by molar-refractivity contribution is 0.111. The second-order valence-electron chi connectivity index (χ2n) is 3.15. The van der Waals surface area contributed by atoms with Crippen molar-refractivity contribution in [2.45, 2.75) is 13.3 Å². The van der Waals surface area contributed by atoms with Crippen LogP contribution in [-0.4, -0.2) is 11.3 Å². The van der Waals surface area contributed by atoms with Crippen LogP contribution in [-0.2, 0) is 6.42 Å². The zero-order valence-electron chi connectivity index (χ0n) is 7.80. The van der Waals surface area contributed by atoms with Crippen molar-refractivity contribution in [2.75, 3.05) is 0 Å². The van der Waals surface area contributed by atoms with E-state index in [4.69, 9.17) is 0 Å². The van der Waals surface area contributed by atoms with Gasteiger partial charge in [0.15, 0.2) is 6.29 Å². The van der Waals surface area contributed by atoms with Gasteiger partial charge in [-0.25, -0.2) is 0 Å². The highest BCUT2D eigenvalue weighted by atomic mass is 79.9. The maximum absolute atomic E-state index is 10.8. The number of benzene rings is 1. The number of H-pyrrole nitrogens is 1. The maximum Gasteiger partial charge on any atom is 0.166 e. The fourth-order valence-corrected chi connectivity index (χ4v) is 2.36. The van der Waals surface area contributed by atoms with Gasteiger partial charge in [0.05, 0.1) is 5.69 Å². The van der Waals surface area contributed by atoms with Gasteiger partial charge in [-0.1, -0.05) is 28.9 Å². The molecule has 1 aromatic carbocycles. The summed E-state index contributed by atoms with van der Waals surface area (Å²) in [6.07, 6.45) is 1.74. The first kappa shape index (κ1) is 9.46. The van der Waals surface area contributed by atoms with Crippen molar-refractivity contribution in [3.8, 4) is 0 Å². The molecule has 0 aliphatic heterocycles. The molecule has 0 aliphatic carbocycles. The van der Waals surface area contributed by atoms with Gasteiger partial charge in [0.2, 0.25) is 0 Å². The SMILES string of the molecule is CCc1c(C=O)[nH]c2cccc(Br)c12. The Morgan fingerprint density at radius 2 is 2.29 bits per heavy atom. The molecule has 0 saturated heterocycles. The lowest BCUT2D eigenvalue weighted by Crippen LogP contribution is -1.86. The van der Waals surface area contributed by atoms with E-state index < -0.39 is 0 Å². The minimum Gasteiger partial charge on any atom is -0.352 e. The number of carbonyl (C=O) groups is 1. The summed E-state index contributed by atoms with van der Waals surface area (Å²) in [5, 5.41) is 1.12. The summed E-state index contributed by atoms with van der Waals surface area (Å²) in [5.74, 6) is 0. The number of rotatable bonds is 2. The van der Waals surface area contributed by atoms with Crippen LogP contribution in [0.25, 0.3) is 10.9 Å². The van der Waals surface area contributed by atoms with Crippen LogP contribution in [0.5, 0.6) is 0 Å². The molecule has 2 rings (SSSR count). The standard InChI is InChI=1S/C11H10BrNO/c1-2-7-10(6-14)13-9-5-3-4-8(12)11(7)9/h3-6,13H,2H2,1H3. The van der Waals surface area contributed by atoms with E-state index in [9.17, 15) is 4.79 Å². The minimum atomic E-state index is 0.689. The van der Waals surface area contributed by atoms with Gasteiger partial charge in [-0.15, -0.1) is 0 Å². The van der Waals surface area contributed by atoms with Crippen LogP contribution < -0.4 is 0 Å². The summed E-state index contributed by atoms with van der Waals surface area (Å²) >= 11 is 3.50. The maximum atomic E-state index is 10.8. The fourth-order valence-electron chi connectivity index (χ4n) is 1.76. The first-order valence-corrected chi connectivity index (χ1v) is 5.31. The predicted molar refractivity (Wildman–Crippen MR) is 60.8 cm³/mol. The van der Waals surface area contributed by atoms with Crippen LogP contribution in [0.2, 0.25) is 0 Å². The van der Waals surface area contributed by atoms with Gasteiger partial charge in [-0.2, -0.15) is 0 Å². The van der Waals surface area contributed by atoms with E-state index in [-0.39, 0.29) is 0 Å². The number of aldehydes is 1. The number of hydrogen-bond donors (Lipinski definition) is 1. The topological polar surface area (TPSA) is 32.9 Å². The summed E-state index contributed by atoms with van der Waals surface area (Å²) in [5.41, 5.74) is 2.79. The summed E-state index contributed by atoms with van der Waals surface area (Å²) in [6, 6.07) is 5.92. The quantitative estimate of drug-likeness (QED) is 0.817. The van der Waals surface area contributed by atoms with Crippen LogP contribution in [0.15, 0.2) is 22.7 Å². The Balaban J connectivity index is 2.88. The van der Waals surface area contributed by atoms with Gasteiger partial charge in [0, 0.05) is 15.4 Å². The molecule has 0 unspecified atom stereocenters. The predicted octanol–water partition coefficient (Wildman–Crippen LogP) is 3.31. The van der Waals surface area contributed by atoms with Crippen molar-refractivity contribution in [1.29, 1.82) is 0 Å². The van der Waals surface area contributed by atoms with E-state index in [1.165, 1.54) is 0 Å². The molecule has 3 heteroatoms. The van der Waals surface area contributed by atoms with Crippen molar-refractivity contribution in [2.24, 2.45) is 0 Å². The largest absolute Gasteiger partial charge is 0.352 e. The molecule has 1 aromatic heterocycles. The third-order valence-corrected chi connectivity index (χ3v) is 3.04. The smallest absolute Gasteiger partial charge is 0.166 e. The number of fused-ring (bicyclic) bond motifs is 1. The summed E-state index contributed by atoms with van der Waals surface area (Å²) in [6.45, 7) is 2.05. The molecule has 1 N–H and O–H groups in total. The molecule has 0 atom stereocenters. The van der Waals surface area contributed by atoms with Crippen molar-refractivity contribution >= 4 is 33.1 Å². The fraction of sp³-hybridized carbons (Fsp3) is 0.182. The highest BCUT2D eigenvalue weighted by molar-refractivity contribution is 9.10. The molecular weight excluding hydrogens is 242 g/mol. The van der Waals surface area contributed by atoms with Gasteiger partial charge in [0.25, 0.3) is 0 Å². The number of aromatic amines is 1. The zero-order valence-corrected chi connectivity index (χ0v) is 9.39. The van der Waals surface area contributed by atoms with E-state index in [0.717, 1.165) is 33.6 Å². The molecule has 2 aromatic rings. The Kier molecular flexibility index (Phi) is 2.42. The lowest BCUT2D eigenvalue weighted by atomic mass is 10.1. The summed E-state index contributed by atoms with van der Waals surface area (Å²) in [7, 11) is 0. The third kappa shape index (κ3) is 1.28. The van der Waals surface area contributed by atoms with E-state index in [0.29, 0.717) is 5.69 Å². The highest BCUT2D eigenvalue weighted by Crippen LogP contribution is 2.29. The second-order valence-corrected chi connectivity index (χ2v) is 4.01. The summed E-state index contributed by atoms with van der Waals surface area (Å²) < 4.78 is 1.04. The van der Waals surface area contributed by atoms with Crippen molar-refractivity contribution in [3.63, 3.8) is 0 Å². The average molecular weight is 252 g/mol. The molecule has 0 saturated carbocycles. The van der Waals surface area contributed by atoms with Crippen molar-refractivity contribution < 1.29 is 4.79 Å². The molecule has 0 spiro atoms. The van der Waals surface area contributed by atoms with Gasteiger partial charge in [0.1, 0.15) is 0 Å². The van der Waals surface area contributed by atoms with Crippen molar-refractivity contribution in [1.82, 2.24) is 4.98 Å². The second kappa shape index (κ2) is 3.58. The first-order valence-electron chi connectivity index (χ1n) is 4.52. The zero-order chi connectivity index (χ0) is 10.1. The number of aryl methyl sites for hydroxylation is 1. The molecule has 0 amide bonds. The Labute approximate surface area is 90.4 Å². The lowest BCUT2D eigenvalue weighted by Gasteiger charge is -1.97. The molecule has 0 fully saturated rings. The number of halogens is 1. The molecule has 1 heterocycles. The molecule has 14 heavy (non-hydrogen) atoms. The molecule has 72 valence electrons. The molecular formula is C11H10BrNO. The van der Waals surface area contributed by atoms with Gasteiger partial charge in [-0.05, 0) is 24.1 Å². The normalized spacial score (nSPS) is 10.7. The van der Waals surface area contributed by atoms with Crippen LogP contribution in [0, 0.1) is 0 Å². The van der Waals surface area contributed by atoms with Crippen LogP contribution in [0.4, 0.5) is 0 Å². The molecule has 0 bridgehead atoms.